The van der Waals surface area contributed by atoms with Gasteiger partial charge in [0.15, 0.2) is 15.7 Å². The summed E-state index contributed by atoms with van der Waals surface area (Å²) in [5, 5.41) is 53.9. The molecule has 0 bridgehead atoms. The van der Waals surface area contributed by atoms with E-state index in [1.165, 1.54) is 24.3 Å². The number of sulfone groups is 1. The van der Waals surface area contributed by atoms with Crippen LogP contribution in [0.15, 0.2) is 69.7 Å². The first-order valence-corrected chi connectivity index (χ1v) is 15.6. The van der Waals surface area contributed by atoms with Gasteiger partial charge in [0.2, 0.25) is 0 Å². The lowest BCUT2D eigenvalue weighted by Gasteiger charge is -2.24. The highest BCUT2D eigenvalue weighted by Gasteiger charge is 2.20. The minimum atomic E-state index is -3.64. The van der Waals surface area contributed by atoms with Crippen LogP contribution in [0.25, 0.3) is 0 Å². The molecule has 0 fully saturated rings. The Hall–Kier alpha value is -3.93. The molecule has 0 amide bonds. The van der Waals surface area contributed by atoms with Crippen LogP contribution in [0.1, 0.15) is 31.9 Å². The molecule has 13 heteroatoms. The Bertz CT molecular complexity index is 1510. The Morgan fingerprint density at radius 1 is 0.930 bits per heavy atom. The number of hydrogen-bond donors (Lipinski definition) is 5. The van der Waals surface area contributed by atoms with Crippen LogP contribution in [0.3, 0.4) is 0 Å². The highest BCUT2D eigenvalue weighted by Crippen LogP contribution is 2.36. The smallest absolute Gasteiger partial charge is 0.179 e. The molecule has 3 rings (SSSR count). The zero-order valence-electron chi connectivity index (χ0n) is 24.8. The number of hydrogen-bond acceptors (Lipinski definition) is 12. The summed E-state index contributed by atoms with van der Waals surface area (Å²) < 4.78 is 26.0. The lowest BCUT2D eigenvalue weighted by molar-refractivity contribution is 0.0873. The van der Waals surface area contributed by atoms with Crippen LogP contribution in [0.2, 0.25) is 0 Å². The maximum atomic E-state index is 13.0. The summed E-state index contributed by atoms with van der Waals surface area (Å²) in [7, 11) is -3.64. The largest absolute Gasteiger partial charge is 0.392 e. The van der Waals surface area contributed by atoms with Gasteiger partial charge in [0.05, 0.1) is 40.2 Å². The van der Waals surface area contributed by atoms with Crippen LogP contribution in [0.4, 0.5) is 28.7 Å². The minimum absolute atomic E-state index is 0.116. The van der Waals surface area contributed by atoms with E-state index in [0.29, 0.717) is 28.6 Å². The van der Waals surface area contributed by atoms with Crippen molar-refractivity contribution in [1.29, 1.82) is 5.26 Å². The molecule has 0 saturated heterocycles. The summed E-state index contributed by atoms with van der Waals surface area (Å²) in [4.78, 5) is 6.41. The van der Waals surface area contributed by atoms with E-state index in [-0.39, 0.29) is 42.4 Å². The monoisotopic (exact) mass is 609 g/mol. The molecule has 1 aromatic heterocycles. The molecule has 0 aliphatic heterocycles. The van der Waals surface area contributed by atoms with E-state index in [4.69, 9.17) is 0 Å². The maximum Gasteiger partial charge on any atom is 0.179 e. The third kappa shape index (κ3) is 10.1. The van der Waals surface area contributed by atoms with Gasteiger partial charge in [-0.2, -0.15) is 10.4 Å². The van der Waals surface area contributed by atoms with Crippen molar-refractivity contribution in [1.82, 2.24) is 9.88 Å². The van der Waals surface area contributed by atoms with Crippen molar-refractivity contribution in [3.63, 3.8) is 0 Å². The molecule has 3 unspecified atom stereocenters. The molecule has 2 aromatic carbocycles. The summed E-state index contributed by atoms with van der Waals surface area (Å²) >= 11 is 0. The second-order valence-corrected chi connectivity index (χ2v) is 12.6. The van der Waals surface area contributed by atoms with Crippen molar-refractivity contribution < 1.29 is 23.7 Å². The molecule has 0 radical (unpaired) electrons. The number of rotatable bonds is 15. The SMILES string of the molecule is Cc1c(C#N)c(NCC(C)O)nc(Nc2ccccc2)c1/N=N/c1ccc(S(=O)(=O)CCN(CC(C)O)CC(C)O)cc1. The molecule has 0 aliphatic carbocycles. The van der Waals surface area contributed by atoms with Gasteiger partial charge in [-0.25, -0.2) is 13.4 Å². The van der Waals surface area contributed by atoms with E-state index in [2.05, 4.69) is 31.9 Å². The quantitative estimate of drug-likeness (QED) is 0.158. The Balaban J connectivity index is 1.87. The fourth-order valence-electron chi connectivity index (χ4n) is 4.27. The topological polar surface area (TPSA) is 184 Å². The number of aromatic nitrogens is 1. The number of para-hydroxylation sites is 1. The number of aliphatic hydroxyl groups is 3. The van der Waals surface area contributed by atoms with Gasteiger partial charge in [-0.05, 0) is 64.1 Å². The molecule has 0 spiro atoms. The predicted octanol–water partition coefficient (Wildman–Crippen LogP) is 4.05. The maximum absolute atomic E-state index is 13.0. The molecule has 1 heterocycles. The first-order chi connectivity index (χ1) is 20.4. The van der Waals surface area contributed by atoms with Gasteiger partial charge in [0.25, 0.3) is 0 Å². The van der Waals surface area contributed by atoms with Crippen molar-refractivity contribution in [2.45, 2.75) is 50.9 Å². The molecular weight excluding hydrogens is 570 g/mol. The number of aliphatic hydroxyl groups excluding tert-OH is 3. The van der Waals surface area contributed by atoms with Crippen molar-refractivity contribution >= 4 is 38.5 Å². The Morgan fingerprint density at radius 3 is 2.12 bits per heavy atom. The second kappa shape index (κ2) is 15.5. The molecule has 3 aromatic rings. The van der Waals surface area contributed by atoms with E-state index < -0.39 is 28.1 Å². The molecule has 230 valence electrons. The van der Waals surface area contributed by atoms with E-state index in [9.17, 15) is 29.0 Å². The number of anilines is 3. The number of nitrogens with one attached hydrogen (secondary N) is 2. The van der Waals surface area contributed by atoms with Crippen LogP contribution in [-0.2, 0) is 9.84 Å². The fraction of sp³-hybridized carbons (Fsp3) is 0.400. The standard InChI is InChI=1S/C30H39N7O5S/c1-20(38)17-32-29-27(16-31)23(4)28(30(34-29)33-24-8-6-5-7-9-24)36-35-25-10-12-26(13-11-25)43(41,42)15-14-37(18-21(2)39)19-22(3)40/h5-13,20-22,38-40H,14-15,17-19H2,1-4H3,(H2,32,33,34)/b36-35+. The molecule has 0 saturated carbocycles. The lowest BCUT2D eigenvalue weighted by Crippen LogP contribution is -2.39. The normalized spacial score (nSPS) is 13.9. The Kier molecular flexibility index (Phi) is 12.1. The molecule has 5 N–H and O–H groups in total. The number of nitrogens with zero attached hydrogens (tertiary/aromatic N) is 5. The number of pyridine rings is 1. The van der Waals surface area contributed by atoms with Crippen molar-refractivity contribution in [2.75, 3.05) is 42.6 Å². The third-order valence-electron chi connectivity index (χ3n) is 6.31. The van der Waals surface area contributed by atoms with Crippen molar-refractivity contribution in [2.24, 2.45) is 10.2 Å². The van der Waals surface area contributed by atoms with Gasteiger partial charge in [0, 0.05) is 37.4 Å². The summed E-state index contributed by atoms with van der Waals surface area (Å²) in [5.41, 5.74) is 2.24. The van der Waals surface area contributed by atoms with Crippen LogP contribution in [-0.4, -0.2) is 83.9 Å². The van der Waals surface area contributed by atoms with E-state index in [1.807, 2.05) is 30.3 Å². The molecule has 3 atom stereocenters. The van der Waals surface area contributed by atoms with Gasteiger partial charge in [-0.3, -0.25) is 4.90 Å². The zero-order valence-corrected chi connectivity index (χ0v) is 25.6. The molecular formula is C30H39N7O5S. The summed E-state index contributed by atoms with van der Waals surface area (Å²) in [6.45, 7) is 7.43. The van der Waals surface area contributed by atoms with E-state index >= 15 is 0 Å². The van der Waals surface area contributed by atoms with Gasteiger partial charge in [0.1, 0.15) is 17.6 Å². The molecule has 12 nitrogen and oxygen atoms in total. The average Bonchev–Trinajstić information content (AvgIpc) is 2.95. The van der Waals surface area contributed by atoms with Crippen LogP contribution in [0.5, 0.6) is 0 Å². The zero-order chi connectivity index (χ0) is 31.6. The summed E-state index contributed by atoms with van der Waals surface area (Å²) in [5.74, 6) is 0.463. The molecule has 0 aliphatic rings. The first kappa shape index (κ1) is 33.6. The van der Waals surface area contributed by atoms with Gasteiger partial charge < -0.3 is 26.0 Å². The van der Waals surface area contributed by atoms with Crippen LogP contribution in [0, 0.1) is 18.3 Å². The van der Waals surface area contributed by atoms with E-state index in [1.54, 1.807) is 32.6 Å². The Morgan fingerprint density at radius 2 is 1.56 bits per heavy atom. The summed E-state index contributed by atoms with van der Waals surface area (Å²) in [6.07, 6.45) is -1.97. The van der Waals surface area contributed by atoms with Gasteiger partial charge in [-0.15, -0.1) is 5.11 Å². The van der Waals surface area contributed by atoms with E-state index in [0.717, 1.165) is 5.69 Å². The number of benzene rings is 2. The third-order valence-corrected chi connectivity index (χ3v) is 8.02. The second-order valence-electron chi connectivity index (χ2n) is 10.5. The number of nitriles is 1. The van der Waals surface area contributed by atoms with Crippen molar-refractivity contribution in [3.05, 3.63) is 65.7 Å². The highest BCUT2D eigenvalue weighted by atomic mass is 32.2. The highest BCUT2D eigenvalue weighted by molar-refractivity contribution is 7.91. The van der Waals surface area contributed by atoms with Gasteiger partial charge >= 0.3 is 0 Å². The predicted molar refractivity (Wildman–Crippen MR) is 166 cm³/mol. The van der Waals surface area contributed by atoms with Crippen LogP contribution >= 0.6 is 0 Å². The number of azo groups is 1. The molecule has 43 heavy (non-hydrogen) atoms. The van der Waals surface area contributed by atoms with Crippen molar-refractivity contribution in [3.8, 4) is 6.07 Å². The average molecular weight is 610 g/mol. The van der Waals surface area contributed by atoms with Crippen LogP contribution < -0.4 is 10.6 Å². The summed E-state index contributed by atoms with van der Waals surface area (Å²) in [6, 6.07) is 17.4. The lowest BCUT2D eigenvalue weighted by atomic mass is 10.1. The van der Waals surface area contributed by atoms with Gasteiger partial charge in [-0.1, -0.05) is 18.2 Å². The fourth-order valence-corrected chi connectivity index (χ4v) is 5.56. The first-order valence-electron chi connectivity index (χ1n) is 13.9. The Labute approximate surface area is 252 Å². The minimum Gasteiger partial charge on any atom is -0.392 e.